The monoisotopic (exact) mass is 268 g/mol. The van der Waals surface area contributed by atoms with E-state index in [0.29, 0.717) is 16.8 Å². The average Bonchev–Trinajstić information content (AvgIpc) is 3.11. The Bertz CT molecular complexity index is 509. The highest BCUT2D eigenvalue weighted by Crippen LogP contribution is 2.35. The van der Waals surface area contributed by atoms with E-state index in [1.807, 2.05) is 0 Å². The summed E-state index contributed by atoms with van der Waals surface area (Å²) in [7, 11) is -3.23. The third-order valence-corrected chi connectivity index (χ3v) is 4.45. The molecular formula is C13H20N2O2S. The van der Waals surface area contributed by atoms with Gasteiger partial charge < -0.3 is 5.32 Å². The molecule has 1 aromatic rings. The maximum absolute atomic E-state index is 11.7. The van der Waals surface area contributed by atoms with E-state index < -0.39 is 9.84 Å². The molecule has 100 valence electrons. The number of pyridine rings is 1. The summed E-state index contributed by atoms with van der Waals surface area (Å²) in [5, 5.41) is 3.28. The Kier molecular flexibility index (Phi) is 3.90. The summed E-state index contributed by atoms with van der Waals surface area (Å²) < 4.78 is 23.4. The Hall–Kier alpha value is -1.10. The zero-order valence-corrected chi connectivity index (χ0v) is 11.7. The summed E-state index contributed by atoms with van der Waals surface area (Å²) in [6, 6.07) is 3.57. The van der Waals surface area contributed by atoms with E-state index in [0.717, 1.165) is 18.8 Å². The number of hydrogen-bond donors (Lipinski definition) is 1. The molecule has 0 bridgehead atoms. The quantitative estimate of drug-likeness (QED) is 0.861. The van der Waals surface area contributed by atoms with Crippen molar-refractivity contribution in [1.82, 2.24) is 4.98 Å². The molecule has 1 atom stereocenters. The van der Waals surface area contributed by atoms with Crippen LogP contribution in [0.4, 0.5) is 5.82 Å². The van der Waals surface area contributed by atoms with Gasteiger partial charge in [-0.2, -0.15) is 0 Å². The molecule has 18 heavy (non-hydrogen) atoms. The fraction of sp³-hybridized carbons (Fsp3) is 0.615. The molecule has 5 heteroatoms. The van der Waals surface area contributed by atoms with Crippen molar-refractivity contribution in [3.8, 4) is 0 Å². The van der Waals surface area contributed by atoms with E-state index in [-0.39, 0.29) is 0 Å². The van der Waals surface area contributed by atoms with Crippen molar-refractivity contribution >= 4 is 15.7 Å². The van der Waals surface area contributed by atoms with Gasteiger partial charge in [0.1, 0.15) is 10.7 Å². The minimum absolute atomic E-state index is 0.291. The SMILES string of the molecule is CCC(CC1CC1)Nc1ncccc1S(C)(=O)=O. The first-order valence-electron chi connectivity index (χ1n) is 6.42. The van der Waals surface area contributed by atoms with Crippen LogP contribution in [0.5, 0.6) is 0 Å². The fourth-order valence-electron chi connectivity index (χ4n) is 2.08. The minimum Gasteiger partial charge on any atom is -0.366 e. The van der Waals surface area contributed by atoms with Crippen LogP contribution in [0.2, 0.25) is 0 Å². The zero-order chi connectivity index (χ0) is 13.2. The number of aromatic nitrogens is 1. The molecule has 0 aliphatic heterocycles. The van der Waals surface area contributed by atoms with E-state index >= 15 is 0 Å². The largest absolute Gasteiger partial charge is 0.366 e. The van der Waals surface area contributed by atoms with Crippen LogP contribution in [-0.4, -0.2) is 25.7 Å². The first-order chi connectivity index (χ1) is 8.50. The van der Waals surface area contributed by atoms with Gasteiger partial charge in [-0.3, -0.25) is 0 Å². The molecule has 0 spiro atoms. The Labute approximate surface area is 109 Å². The minimum atomic E-state index is -3.23. The van der Waals surface area contributed by atoms with Gasteiger partial charge in [-0.1, -0.05) is 19.8 Å². The Morgan fingerprint density at radius 3 is 2.78 bits per heavy atom. The van der Waals surface area contributed by atoms with Crippen molar-refractivity contribution < 1.29 is 8.42 Å². The van der Waals surface area contributed by atoms with Gasteiger partial charge in [-0.25, -0.2) is 13.4 Å². The molecule has 0 saturated heterocycles. The number of nitrogens with one attached hydrogen (secondary N) is 1. The van der Waals surface area contributed by atoms with Gasteiger partial charge in [0.15, 0.2) is 9.84 Å². The molecule has 1 aromatic heterocycles. The molecule has 1 aliphatic carbocycles. The van der Waals surface area contributed by atoms with Gasteiger partial charge in [0.2, 0.25) is 0 Å². The number of anilines is 1. The lowest BCUT2D eigenvalue weighted by Crippen LogP contribution is -2.21. The van der Waals surface area contributed by atoms with Crippen LogP contribution in [0.3, 0.4) is 0 Å². The molecule has 1 saturated carbocycles. The third-order valence-electron chi connectivity index (χ3n) is 3.32. The number of nitrogens with zero attached hydrogens (tertiary/aromatic N) is 1. The summed E-state index contributed by atoms with van der Waals surface area (Å²) in [4.78, 5) is 4.46. The summed E-state index contributed by atoms with van der Waals surface area (Å²) in [5.74, 6) is 1.31. The second-order valence-corrected chi connectivity index (χ2v) is 7.04. The molecule has 0 aromatic carbocycles. The maximum Gasteiger partial charge on any atom is 0.179 e. The van der Waals surface area contributed by atoms with Crippen molar-refractivity contribution in [2.24, 2.45) is 5.92 Å². The molecule has 1 aliphatic rings. The highest BCUT2D eigenvalue weighted by molar-refractivity contribution is 7.90. The van der Waals surface area contributed by atoms with E-state index in [9.17, 15) is 8.42 Å². The first-order valence-corrected chi connectivity index (χ1v) is 8.31. The van der Waals surface area contributed by atoms with Crippen LogP contribution in [-0.2, 0) is 9.84 Å². The normalized spacial score (nSPS) is 17.4. The highest BCUT2D eigenvalue weighted by Gasteiger charge is 2.25. The lowest BCUT2D eigenvalue weighted by atomic mass is 10.1. The van der Waals surface area contributed by atoms with Crippen molar-refractivity contribution in [2.75, 3.05) is 11.6 Å². The summed E-state index contributed by atoms with van der Waals surface area (Å²) in [6.07, 6.45) is 7.54. The number of rotatable bonds is 6. The first kappa shape index (κ1) is 13.3. The lowest BCUT2D eigenvalue weighted by Gasteiger charge is -2.18. The number of hydrogen-bond acceptors (Lipinski definition) is 4. The predicted octanol–water partition coefficient (Wildman–Crippen LogP) is 2.48. The van der Waals surface area contributed by atoms with E-state index in [1.165, 1.54) is 19.1 Å². The Morgan fingerprint density at radius 1 is 1.50 bits per heavy atom. The van der Waals surface area contributed by atoms with Crippen LogP contribution in [0.1, 0.15) is 32.6 Å². The average molecular weight is 268 g/mol. The topological polar surface area (TPSA) is 59.1 Å². The van der Waals surface area contributed by atoms with Gasteiger partial charge in [-0.05, 0) is 30.9 Å². The molecule has 4 nitrogen and oxygen atoms in total. The van der Waals surface area contributed by atoms with Crippen LogP contribution in [0.15, 0.2) is 23.2 Å². The third kappa shape index (κ3) is 3.45. The molecule has 0 radical (unpaired) electrons. The predicted molar refractivity (Wildman–Crippen MR) is 72.4 cm³/mol. The van der Waals surface area contributed by atoms with Crippen molar-refractivity contribution in [3.63, 3.8) is 0 Å². The number of sulfone groups is 1. The molecule has 1 fully saturated rings. The molecule has 2 rings (SSSR count). The van der Waals surface area contributed by atoms with Crippen molar-refractivity contribution in [1.29, 1.82) is 0 Å². The molecule has 0 amide bonds. The molecule has 1 unspecified atom stereocenters. The van der Waals surface area contributed by atoms with Gasteiger partial charge in [-0.15, -0.1) is 0 Å². The summed E-state index contributed by atoms with van der Waals surface area (Å²) in [6.45, 7) is 2.11. The summed E-state index contributed by atoms with van der Waals surface area (Å²) >= 11 is 0. The molecule has 1 heterocycles. The van der Waals surface area contributed by atoms with E-state index in [2.05, 4.69) is 17.2 Å². The second kappa shape index (κ2) is 5.26. The second-order valence-electron chi connectivity index (χ2n) is 5.05. The molecular weight excluding hydrogens is 248 g/mol. The van der Waals surface area contributed by atoms with Crippen molar-refractivity contribution in [2.45, 2.75) is 43.5 Å². The van der Waals surface area contributed by atoms with Gasteiger partial charge in [0, 0.05) is 18.5 Å². The maximum atomic E-state index is 11.7. The smallest absolute Gasteiger partial charge is 0.179 e. The van der Waals surface area contributed by atoms with Gasteiger partial charge in [0.05, 0.1) is 0 Å². The molecule has 1 N–H and O–H groups in total. The Morgan fingerprint density at radius 2 is 2.22 bits per heavy atom. The van der Waals surface area contributed by atoms with E-state index in [1.54, 1.807) is 18.3 Å². The fourth-order valence-corrected chi connectivity index (χ4v) is 2.86. The van der Waals surface area contributed by atoms with E-state index in [4.69, 9.17) is 0 Å². The van der Waals surface area contributed by atoms with Crippen LogP contribution in [0, 0.1) is 5.92 Å². The van der Waals surface area contributed by atoms with Crippen LogP contribution < -0.4 is 5.32 Å². The highest BCUT2D eigenvalue weighted by atomic mass is 32.2. The standard InChI is InChI=1S/C13H20N2O2S/c1-3-11(9-10-6-7-10)15-13-12(18(2,16)17)5-4-8-14-13/h4-5,8,10-11H,3,6-7,9H2,1-2H3,(H,14,15). The lowest BCUT2D eigenvalue weighted by molar-refractivity contribution is 0.581. The Balaban J connectivity index is 2.16. The van der Waals surface area contributed by atoms with Crippen LogP contribution >= 0.6 is 0 Å². The van der Waals surface area contributed by atoms with Gasteiger partial charge in [0.25, 0.3) is 0 Å². The van der Waals surface area contributed by atoms with Crippen LogP contribution in [0.25, 0.3) is 0 Å². The summed E-state index contributed by atoms with van der Waals surface area (Å²) in [5.41, 5.74) is 0. The van der Waals surface area contributed by atoms with Gasteiger partial charge >= 0.3 is 0 Å². The van der Waals surface area contributed by atoms with Crippen molar-refractivity contribution in [3.05, 3.63) is 18.3 Å². The zero-order valence-electron chi connectivity index (χ0n) is 10.9.